The molecule has 2 aromatic rings. The number of carbonyl (C=O) groups is 1. The van der Waals surface area contributed by atoms with Crippen LogP contribution in [0.3, 0.4) is 0 Å². The van der Waals surface area contributed by atoms with Crippen molar-refractivity contribution in [2.75, 3.05) is 13.2 Å². The minimum atomic E-state index is -0.813. The number of rotatable bonds is 9. The molecular formula is C23H29NO4. The van der Waals surface area contributed by atoms with Crippen LogP contribution in [0.2, 0.25) is 0 Å². The van der Waals surface area contributed by atoms with E-state index >= 15 is 0 Å². The van der Waals surface area contributed by atoms with Crippen molar-refractivity contribution in [1.29, 1.82) is 0 Å². The largest absolute Gasteiger partial charge is 0.491 e. The van der Waals surface area contributed by atoms with E-state index in [4.69, 9.17) is 19.9 Å². The molecule has 1 atom stereocenters. The van der Waals surface area contributed by atoms with Crippen LogP contribution in [0.25, 0.3) is 0 Å². The molecule has 2 N–H and O–H groups in total. The third-order valence-corrected chi connectivity index (χ3v) is 4.97. The standard InChI is InChI=1S/C23H29NO4/c24-22(23(25)28-17-18-7-3-1-4-8-18)19-11-13-21(14-12-19)27-16-15-26-20-9-5-2-6-10-20/h1,3-4,7-8,11-14,20,22H,2,5-6,9-10,15-17,24H2/t22-/m0/s1. The Balaban J connectivity index is 1.39. The molecule has 5 heteroatoms. The Morgan fingerprint density at radius 2 is 1.68 bits per heavy atom. The minimum absolute atomic E-state index is 0.218. The topological polar surface area (TPSA) is 70.8 Å². The van der Waals surface area contributed by atoms with Crippen molar-refractivity contribution < 1.29 is 19.0 Å². The molecule has 1 fully saturated rings. The first kappa shape index (κ1) is 20.4. The summed E-state index contributed by atoms with van der Waals surface area (Å²) in [6, 6.07) is 16.0. The van der Waals surface area contributed by atoms with E-state index in [0.717, 1.165) is 24.2 Å². The average molecular weight is 383 g/mol. The van der Waals surface area contributed by atoms with Crippen LogP contribution in [0.1, 0.15) is 49.3 Å². The van der Waals surface area contributed by atoms with Gasteiger partial charge >= 0.3 is 5.97 Å². The van der Waals surface area contributed by atoms with Gasteiger partial charge in [-0.2, -0.15) is 0 Å². The quantitative estimate of drug-likeness (QED) is 0.520. The lowest BCUT2D eigenvalue weighted by Crippen LogP contribution is -2.23. The van der Waals surface area contributed by atoms with Gasteiger partial charge < -0.3 is 19.9 Å². The number of ether oxygens (including phenoxy) is 3. The molecule has 2 aromatic carbocycles. The number of hydrogen-bond acceptors (Lipinski definition) is 5. The molecule has 0 saturated heterocycles. The molecule has 5 nitrogen and oxygen atoms in total. The maximum Gasteiger partial charge on any atom is 0.327 e. The summed E-state index contributed by atoms with van der Waals surface area (Å²) >= 11 is 0. The van der Waals surface area contributed by atoms with Gasteiger partial charge in [-0.3, -0.25) is 0 Å². The first-order valence-electron chi connectivity index (χ1n) is 10.0. The summed E-state index contributed by atoms with van der Waals surface area (Å²) in [5, 5.41) is 0. The summed E-state index contributed by atoms with van der Waals surface area (Å²) in [4.78, 5) is 12.2. The van der Waals surface area contributed by atoms with E-state index in [2.05, 4.69) is 0 Å². The van der Waals surface area contributed by atoms with Crippen LogP contribution in [-0.2, 0) is 20.9 Å². The normalized spacial score (nSPS) is 15.8. The van der Waals surface area contributed by atoms with Gasteiger partial charge in [-0.15, -0.1) is 0 Å². The molecule has 0 amide bonds. The second-order valence-corrected chi connectivity index (χ2v) is 7.12. The van der Waals surface area contributed by atoms with Gasteiger partial charge in [0.25, 0.3) is 0 Å². The predicted molar refractivity (Wildman–Crippen MR) is 108 cm³/mol. The molecular weight excluding hydrogens is 354 g/mol. The third kappa shape index (κ3) is 6.36. The Morgan fingerprint density at radius 3 is 2.39 bits per heavy atom. The fourth-order valence-electron chi connectivity index (χ4n) is 3.33. The zero-order valence-electron chi connectivity index (χ0n) is 16.2. The summed E-state index contributed by atoms with van der Waals surface area (Å²) in [7, 11) is 0. The molecule has 1 aliphatic carbocycles. The first-order valence-corrected chi connectivity index (χ1v) is 10.0. The van der Waals surface area contributed by atoms with E-state index in [1.165, 1.54) is 19.3 Å². The zero-order valence-corrected chi connectivity index (χ0v) is 16.2. The van der Waals surface area contributed by atoms with Gasteiger partial charge in [-0.05, 0) is 36.1 Å². The average Bonchev–Trinajstić information content (AvgIpc) is 2.76. The molecule has 0 unspecified atom stereocenters. The van der Waals surface area contributed by atoms with Crippen LogP contribution in [0, 0.1) is 0 Å². The van der Waals surface area contributed by atoms with Crippen molar-refractivity contribution in [1.82, 2.24) is 0 Å². The number of esters is 1. The fraction of sp³-hybridized carbons (Fsp3) is 0.435. The third-order valence-electron chi connectivity index (χ3n) is 4.97. The number of benzene rings is 2. The summed E-state index contributed by atoms with van der Waals surface area (Å²) in [5.74, 6) is 0.291. The van der Waals surface area contributed by atoms with E-state index in [1.54, 1.807) is 12.1 Å². The second-order valence-electron chi connectivity index (χ2n) is 7.12. The molecule has 0 bridgehead atoms. The summed E-state index contributed by atoms with van der Waals surface area (Å²) in [5.41, 5.74) is 7.65. The number of hydrogen-bond donors (Lipinski definition) is 1. The van der Waals surface area contributed by atoms with Gasteiger partial charge in [0.15, 0.2) is 0 Å². The Kier molecular flexibility index (Phi) is 7.88. The lowest BCUT2D eigenvalue weighted by Gasteiger charge is -2.22. The highest BCUT2D eigenvalue weighted by molar-refractivity contribution is 5.77. The number of carbonyl (C=O) groups excluding carboxylic acids is 1. The van der Waals surface area contributed by atoms with Crippen molar-refractivity contribution >= 4 is 5.97 Å². The molecule has 1 saturated carbocycles. The maximum atomic E-state index is 12.2. The molecule has 1 aliphatic rings. The van der Waals surface area contributed by atoms with Crippen LogP contribution in [0.5, 0.6) is 5.75 Å². The van der Waals surface area contributed by atoms with Crippen molar-refractivity contribution in [2.24, 2.45) is 5.73 Å². The van der Waals surface area contributed by atoms with Crippen LogP contribution >= 0.6 is 0 Å². The van der Waals surface area contributed by atoms with Crippen LogP contribution in [0.15, 0.2) is 54.6 Å². The Hall–Kier alpha value is -2.37. The van der Waals surface area contributed by atoms with E-state index in [1.807, 2.05) is 42.5 Å². The molecule has 150 valence electrons. The van der Waals surface area contributed by atoms with E-state index in [0.29, 0.717) is 24.9 Å². The summed E-state index contributed by atoms with van der Waals surface area (Å²) in [6.45, 7) is 1.33. The van der Waals surface area contributed by atoms with Gasteiger partial charge in [-0.1, -0.05) is 61.7 Å². The van der Waals surface area contributed by atoms with E-state index in [-0.39, 0.29) is 6.61 Å². The van der Waals surface area contributed by atoms with Crippen LogP contribution < -0.4 is 10.5 Å². The first-order chi connectivity index (χ1) is 13.7. The molecule has 0 radical (unpaired) electrons. The van der Waals surface area contributed by atoms with Gasteiger partial charge in [-0.25, -0.2) is 4.79 Å². The van der Waals surface area contributed by atoms with Crippen molar-refractivity contribution in [3.8, 4) is 5.75 Å². The SMILES string of the molecule is N[C@H](C(=O)OCc1ccccc1)c1ccc(OCCOC2CCCCC2)cc1. The molecule has 0 heterocycles. The molecule has 0 spiro atoms. The van der Waals surface area contributed by atoms with Crippen molar-refractivity contribution in [3.63, 3.8) is 0 Å². The van der Waals surface area contributed by atoms with Gasteiger partial charge in [0.05, 0.1) is 12.7 Å². The van der Waals surface area contributed by atoms with Gasteiger partial charge in [0.1, 0.15) is 25.0 Å². The Morgan fingerprint density at radius 1 is 0.964 bits per heavy atom. The predicted octanol–water partition coefficient (Wildman–Crippen LogP) is 4.16. The van der Waals surface area contributed by atoms with Gasteiger partial charge in [0.2, 0.25) is 0 Å². The Bertz CT molecular complexity index is 711. The minimum Gasteiger partial charge on any atom is -0.491 e. The molecule has 0 aliphatic heterocycles. The van der Waals surface area contributed by atoms with Crippen molar-refractivity contribution in [2.45, 2.75) is 50.9 Å². The zero-order chi connectivity index (χ0) is 19.6. The fourth-order valence-corrected chi connectivity index (χ4v) is 3.33. The number of nitrogens with two attached hydrogens (primary N) is 1. The smallest absolute Gasteiger partial charge is 0.327 e. The molecule has 28 heavy (non-hydrogen) atoms. The second kappa shape index (κ2) is 10.8. The lowest BCUT2D eigenvalue weighted by atomic mass is 9.98. The Labute approximate surface area is 166 Å². The highest BCUT2D eigenvalue weighted by Crippen LogP contribution is 2.21. The van der Waals surface area contributed by atoms with Crippen molar-refractivity contribution in [3.05, 3.63) is 65.7 Å². The highest BCUT2D eigenvalue weighted by atomic mass is 16.5. The van der Waals surface area contributed by atoms with E-state index < -0.39 is 12.0 Å². The lowest BCUT2D eigenvalue weighted by molar-refractivity contribution is -0.146. The molecule has 3 rings (SSSR count). The van der Waals surface area contributed by atoms with E-state index in [9.17, 15) is 4.79 Å². The monoisotopic (exact) mass is 383 g/mol. The van der Waals surface area contributed by atoms with Crippen LogP contribution in [0.4, 0.5) is 0 Å². The van der Waals surface area contributed by atoms with Crippen LogP contribution in [-0.4, -0.2) is 25.3 Å². The summed E-state index contributed by atoms with van der Waals surface area (Å²) in [6.07, 6.45) is 6.56. The highest BCUT2D eigenvalue weighted by Gasteiger charge is 2.17. The molecule has 0 aromatic heterocycles. The summed E-state index contributed by atoms with van der Waals surface area (Å²) < 4.78 is 16.9. The maximum absolute atomic E-state index is 12.2. The van der Waals surface area contributed by atoms with Gasteiger partial charge in [0, 0.05) is 0 Å².